The van der Waals surface area contributed by atoms with Crippen LogP contribution in [0.4, 0.5) is 0 Å². The molecule has 6 heteroatoms. The van der Waals surface area contributed by atoms with Crippen LogP contribution >= 0.6 is 0 Å². The summed E-state index contributed by atoms with van der Waals surface area (Å²) in [5.74, 6) is 0.659. The summed E-state index contributed by atoms with van der Waals surface area (Å²) in [6.07, 6.45) is 3.44. The fraction of sp³-hybridized carbons (Fsp3) is 0.333. The summed E-state index contributed by atoms with van der Waals surface area (Å²) in [6.45, 7) is 12.4. The lowest BCUT2D eigenvalue weighted by molar-refractivity contribution is -0.138. The zero-order valence-electron chi connectivity index (χ0n) is 19.4. The Morgan fingerprint density at radius 2 is 1.12 bits per heavy atom. The van der Waals surface area contributed by atoms with Crippen LogP contribution in [0.3, 0.4) is 0 Å². The second-order valence-electron chi connectivity index (χ2n) is 7.76. The maximum absolute atomic E-state index is 11.2. The van der Waals surface area contributed by atoms with E-state index in [1.807, 2.05) is 48.5 Å². The van der Waals surface area contributed by atoms with E-state index in [9.17, 15) is 9.59 Å². The molecule has 0 saturated heterocycles. The van der Waals surface area contributed by atoms with Crippen molar-refractivity contribution in [3.05, 3.63) is 85.0 Å². The van der Waals surface area contributed by atoms with Crippen LogP contribution in [0.15, 0.2) is 73.8 Å². The van der Waals surface area contributed by atoms with Gasteiger partial charge in [-0.15, -0.1) is 0 Å². The van der Waals surface area contributed by atoms with E-state index in [-0.39, 0.29) is 13.2 Å². The highest BCUT2D eigenvalue weighted by atomic mass is 16.5. The molecule has 0 heterocycles. The smallest absolute Gasteiger partial charge is 0.330 e. The van der Waals surface area contributed by atoms with Crippen molar-refractivity contribution in [3.63, 3.8) is 0 Å². The number of carbonyl (C=O) groups excluding carboxylic acids is 2. The first-order valence-corrected chi connectivity index (χ1v) is 10.9. The summed E-state index contributed by atoms with van der Waals surface area (Å²) in [5.41, 5.74) is 1.63. The van der Waals surface area contributed by atoms with Crippen LogP contribution < -0.4 is 9.47 Å². The summed E-state index contributed by atoms with van der Waals surface area (Å²) in [5, 5.41) is 0. The zero-order chi connectivity index (χ0) is 24.1. The standard InChI is InChI=1S/C27H32O6/c1-5-25(28)32-19-11-17-30-23-15-9-7-13-21(23)27(3,4)22-14-8-10-16-24(22)31-18-12-20-33-26(29)6-2/h5-10,13-16H,1-2,11-12,17-20H2,3-4H3. The predicted octanol–water partition coefficient (Wildman–Crippen LogP) is 5.01. The van der Waals surface area contributed by atoms with Crippen molar-refractivity contribution >= 4 is 11.9 Å². The first kappa shape index (κ1) is 25.7. The molecular weight excluding hydrogens is 420 g/mol. The van der Waals surface area contributed by atoms with Crippen molar-refractivity contribution in [2.75, 3.05) is 26.4 Å². The molecule has 0 atom stereocenters. The van der Waals surface area contributed by atoms with Crippen molar-refractivity contribution in [1.82, 2.24) is 0 Å². The van der Waals surface area contributed by atoms with Crippen LogP contribution in [-0.4, -0.2) is 38.4 Å². The molecule has 2 rings (SSSR count). The first-order chi connectivity index (χ1) is 15.9. The fourth-order valence-electron chi connectivity index (χ4n) is 3.31. The Hall–Kier alpha value is -3.54. The Morgan fingerprint density at radius 1 is 0.727 bits per heavy atom. The molecule has 0 spiro atoms. The van der Waals surface area contributed by atoms with Gasteiger partial charge in [0.15, 0.2) is 0 Å². The molecule has 2 aromatic carbocycles. The lowest BCUT2D eigenvalue weighted by atomic mass is 9.77. The van der Waals surface area contributed by atoms with Gasteiger partial charge < -0.3 is 18.9 Å². The number of benzene rings is 2. The molecule has 0 aliphatic carbocycles. The van der Waals surface area contributed by atoms with Gasteiger partial charge >= 0.3 is 11.9 Å². The number of hydrogen-bond donors (Lipinski definition) is 0. The molecule has 0 aliphatic rings. The summed E-state index contributed by atoms with van der Waals surface area (Å²) in [6, 6.07) is 15.8. The van der Waals surface area contributed by atoms with Crippen LogP contribution in [0.1, 0.15) is 37.8 Å². The zero-order valence-corrected chi connectivity index (χ0v) is 19.4. The molecule has 0 aliphatic heterocycles. The van der Waals surface area contributed by atoms with Gasteiger partial charge in [0.05, 0.1) is 26.4 Å². The summed E-state index contributed by atoms with van der Waals surface area (Å²) >= 11 is 0. The molecule has 0 aromatic heterocycles. The van der Waals surface area contributed by atoms with E-state index in [0.717, 1.165) is 34.8 Å². The monoisotopic (exact) mass is 452 g/mol. The number of carbonyl (C=O) groups is 2. The number of hydrogen-bond acceptors (Lipinski definition) is 6. The van der Waals surface area contributed by atoms with E-state index in [2.05, 4.69) is 27.0 Å². The van der Waals surface area contributed by atoms with Gasteiger partial charge in [0.2, 0.25) is 0 Å². The number of para-hydroxylation sites is 2. The van der Waals surface area contributed by atoms with Crippen molar-refractivity contribution in [2.45, 2.75) is 32.1 Å². The molecule has 0 amide bonds. The molecule has 0 saturated carbocycles. The van der Waals surface area contributed by atoms with Gasteiger partial charge in [-0.05, 0) is 12.1 Å². The summed E-state index contributed by atoms with van der Waals surface area (Å²) in [4.78, 5) is 22.3. The van der Waals surface area contributed by atoms with E-state index in [4.69, 9.17) is 18.9 Å². The van der Waals surface area contributed by atoms with Crippen molar-refractivity contribution in [2.24, 2.45) is 0 Å². The molecule has 6 nitrogen and oxygen atoms in total. The van der Waals surface area contributed by atoms with Crippen LogP contribution in [0.5, 0.6) is 11.5 Å². The molecule has 33 heavy (non-hydrogen) atoms. The van der Waals surface area contributed by atoms with Gasteiger partial charge in [-0.2, -0.15) is 0 Å². The lowest BCUT2D eigenvalue weighted by Gasteiger charge is -2.30. The van der Waals surface area contributed by atoms with Gasteiger partial charge in [-0.3, -0.25) is 0 Å². The third kappa shape index (κ3) is 7.83. The minimum absolute atomic E-state index is 0.273. The van der Waals surface area contributed by atoms with E-state index in [1.165, 1.54) is 0 Å². The number of rotatable bonds is 14. The third-order valence-electron chi connectivity index (χ3n) is 5.04. The summed E-state index contributed by atoms with van der Waals surface area (Å²) < 4.78 is 22.1. The molecule has 2 aromatic rings. The minimum Gasteiger partial charge on any atom is -0.493 e. The lowest BCUT2D eigenvalue weighted by Crippen LogP contribution is -2.22. The quantitative estimate of drug-likeness (QED) is 0.228. The molecule has 0 unspecified atom stereocenters. The molecule has 0 fully saturated rings. The molecule has 0 N–H and O–H groups in total. The molecule has 0 bridgehead atoms. The third-order valence-corrected chi connectivity index (χ3v) is 5.04. The van der Waals surface area contributed by atoms with Crippen LogP contribution in [0.25, 0.3) is 0 Å². The van der Waals surface area contributed by atoms with E-state index in [0.29, 0.717) is 26.1 Å². The molecule has 176 valence electrons. The highest BCUT2D eigenvalue weighted by Crippen LogP contribution is 2.41. The Morgan fingerprint density at radius 3 is 1.52 bits per heavy atom. The molecular formula is C27H32O6. The van der Waals surface area contributed by atoms with Gasteiger partial charge in [0.1, 0.15) is 11.5 Å². The van der Waals surface area contributed by atoms with Gasteiger partial charge in [-0.1, -0.05) is 63.4 Å². The average Bonchev–Trinajstić information content (AvgIpc) is 2.83. The Labute approximate surface area is 195 Å². The second-order valence-corrected chi connectivity index (χ2v) is 7.76. The van der Waals surface area contributed by atoms with E-state index in [1.54, 1.807) is 0 Å². The maximum Gasteiger partial charge on any atom is 0.330 e. The highest BCUT2D eigenvalue weighted by molar-refractivity contribution is 5.81. The first-order valence-electron chi connectivity index (χ1n) is 10.9. The topological polar surface area (TPSA) is 71.1 Å². The fourth-order valence-corrected chi connectivity index (χ4v) is 3.31. The minimum atomic E-state index is -0.438. The average molecular weight is 453 g/mol. The van der Waals surface area contributed by atoms with Crippen LogP contribution in [-0.2, 0) is 24.5 Å². The maximum atomic E-state index is 11.2. The normalized spacial score (nSPS) is 10.7. The highest BCUT2D eigenvalue weighted by Gasteiger charge is 2.29. The van der Waals surface area contributed by atoms with Crippen molar-refractivity contribution in [1.29, 1.82) is 0 Å². The molecule has 0 radical (unpaired) electrons. The van der Waals surface area contributed by atoms with Crippen LogP contribution in [0, 0.1) is 0 Å². The Balaban J connectivity index is 2.07. The summed E-state index contributed by atoms with van der Waals surface area (Å²) in [7, 11) is 0. The van der Waals surface area contributed by atoms with Gasteiger partial charge in [-0.25, -0.2) is 9.59 Å². The van der Waals surface area contributed by atoms with E-state index >= 15 is 0 Å². The van der Waals surface area contributed by atoms with Crippen LogP contribution in [0.2, 0.25) is 0 Å². The van der Waals surface area contributed by atoms with Gasteiger partial charge in [0, 0.05) is 41.5 Å². The van der Waals surface area contributed by atoms with Gasteiger partial charge in [0.25, 0.3) is 0 Å². The number of esters is 2. The second kappa shape index (κ2) is 13.1. The largest absolute Gasteiger partial charge is 0.493 e. The van der Waals surface area contributed by atoms with Crippen molar-refractivity contribution in [3.8, 4) is 11.5 Å². The Kier molecular flexibility index (Phi) is 10.2. The Bertz CT molecular complexity index is 872. The van der Waals surface area contributed by atoms with Crippen molar-refractivity contribution < 1.29 is 28.5 Å². The number of ether oxygens (including phenoxy) is 4. The predicted molar refractivity (Wildman–Crippen MR) is 128 cm³/mol. The van der Waals surface area contributed by atoms with E-state index < -0.39 is 17.4 Å². The SMILES string of the molecule is C=CC(=O)OCCCOc1ccccc1C(C)(C)c1ccccc1OCCCOC(=O)C=C.